The maximum Gasteiger partial charge on any atom is 0.228 e. The molecule has 5 aromatic carbocycles. The molecule has 5 heterocycles. The van der Waals surface area contributed by atoms with E-state index in [1.54, 1.807) is 30.3 Å². The summed E-state index contributed by atoms with van der Waals surface area (Å²) in [6, 6.07) is 28.0. The smallest absolute Gasteiger partial charge is 0.228 e. The SMILES string of the molecule is [2H]C([2H])([2H])c1ccc2c(c1)oc1cc3c(nc12)oc1c(-c2nc4cccc(C([2H])([2H])[2H])c4n2-c2c(C(C)C)cc4c(oc5ccccc54)c2C(C)C)cccc13. The van der Waals surface area contributed by atoms with Crippen LogP contribution in [0, 0.1) is 13.7 Å². The third kappa shape index (κ3) is 3.96. The van der Waals surface area contributed by atoms with Gasteiger partial charge in [-0.15, -0.1) is 0 Å². The summed E-state index contributed by atoms with van der Waals surface area (Å²) < 4.78 is 71.1. The van der Waals surface area contributed by atoms with Gasteiger partial charge in [0, 0.05) is 35.3 Å². The van der Waals surface area contributed by atoms with E-state index in [0.29, 0.717) is 61.2 Å². The summed E-state index contributed by atoms with van der Waals surface area (Å²) in [6.07, 6.45) is 0. The van der Waals surface area contributed by atoms with Crippen molar-refractivity contribution in [3.63, 3.8) is 0 Å². The van der Waals surface area contributed by atoms with Crippen molar-refractivity contribution in [1.82, 2.24) is 14.5 Å². The summed E-state index contributed by atoms with van der Waals surface area (Å²) >= 11 is 0. The first-order valence-corrected chi connectivity index (χ1v) is 16.9. The molecule has 10 aromatic rings. The average Bonchev–Trinajstić information content (AvgIpc) is 3.91. The van der Waals surface area contributed by atoms with Crippen LogP contribution in [0.1, 0.15) is 70.0 Å². The minimum atomic E-state index is -2.44. The minimum Gasteiger partial charge on any atom is -0.456 e. The number of pyridine rings is 1. The lowest BCUT2D eigenvalue weighted by Crippen LogP contribution is -2.09. The number of aromatic nitrogens is 3. The van der Waals surface area contributed by atoms with Crippen molar-refractivity contribution in [3.8, 4) is 17.1 Å². The number of nitrogens with zero attached hydrogens (tertiary/aromatic N) is 3. The number of imidazole rings is 1. The van der Waals surface area contributed by atoms with Gasteiger partial charge in [-0.3, -0.25) is 4.57 Å². The molecule has 0 spiro atoms. The molecule has 0 amide bonds. The monoisotopic (exact) mass is 659 g/mol. The summed E-state index contributed by atoms with van der Waals surface area (Å²) in [5.74, 6) is 0.536. The fourth-order valence-electron chi connectivity index (χ4n) is 7.72. The number of fused-ring (bicyclic) bond motifs is 10. The molecule has 50 heavy (non-hydrogen) atoms. The fourth-order valence-corrected chi connectivity index (χ4v) is 7.72. The zero-order valence-electron chi connectivity index (χ0n) is 33.9. The number of para-hydroxylation sites is 3. The molecule has 0 aliphatic heterocycles. The molecule has 244 valence electrons. The molecule has 0 fully saturated rings. The molecule has 10 rings (SSSR count). The zero-order chi connectivity index (χ0) is 39.0. The van der Waals surface area contributed by atoms with Crippen LogP contribution in [0.3, 0.4) is 0 Å². The molecule has 0 radical (unpaired) electrons. The topological polar surface area (TPSA) is 70.1 Å². The van der Waals surface area contributed by atoms with Gasteiger partial charge in [0.15, 0.2) is 5.58 Å². The standard InChI is InChI=1S/C44H35N3O3/c1-22(2)30-20-31-26-12-7-8-16-34(26)49-42(31)37(23(3)4)40(30)47-39-25(6)11-9-15-33(39)45-43(47)29-14-10-13-27-32-21-36-38(46-44(32)50-41(27)29)28-18-17-24(5)19-35(28)48-36/h7-23H,1-6H3/i5D3,6D3. The summed E-state index contributed by atoms with van der Waals surface area (Å²) in [5.41, 5.74) is 8.82. The number of hydrogen-bond acceptors (Lipinski definition) is 5. The molecule has 6 nitrogen and oxygen atoms in total. The maximum atomic E-state index is 8.68. The molecule has 0 saturated carbocycles. The van der Waals surface area contributed by atoms with Crippen LogP contribution in [-0.2, 0) is 0 Å². The Bertz CT molecular complexity index is 3250. The molecular formula is C44H35N3O3. The zero-order valence-corrected chi connectivity index (χ0v) is 27.9. The summed E-state index contributed by atoms with van der Waals surface area (Å²) in [5, 5.41) is 4.19. The van der Waals surface area contributed by atoms with Gasteiger partial charge >= 0.3 is 0 Å². The van der Waals surface area contributed by atoms with E-state index < -0.39 is 13.7 Å². The van der Waals surface area contributed by atoms with Gasteiger partial charge in [0.2, 0.25) is 5.71 Å². The van der Waals surface area contributed by atoms with Crippen molar-refractivity contribution in [2.24, 2.45) is 0 Å². The number of rotatable bonds is 4. The van der Waals surface area contributed by atoms with Gasteiger partial charge in [-0.1, -0.05) is 76.2 Å². The first-order chi connectivity index (χ1) is 26.7. The summed E-state index contributed by atoms with van der Waals surface area (Å²) in [7, 11) is 0. The largest absolute Gasteiger partial charge is 0.456 e. The van der Waals surface area contributed by atoms with Gasteiger partial charge in [-0.25, -0.2) is 9.97 Å². The van der Waals surface area contributed by atoms with E-state index in [1.165, 1.54) is 0 Å². The molecule has 0 aliphatic rings. The quantitative estimate of drug-likeness (QED) is 0.188. The molecule has 0 N–H and O–H groups in total. The molecule has 0 atom stereocenters. The predicted octanol–water partition coefficient (Wildman–Crippen LogP) is 12.6. The Hall–Kier alpha value is -5.88. The van der Waals surface area contributed by atoms with E-state index in [-0.39, 0.29) is 23.0 Å². The highest BCUT2D eigenvalue weighted by atomic mass is 16.3. The van der Waals surface area contributed by atoms with Crippen molar-refractivity contribution >= 4 is 77.1 Å². The lowest BCUT2D eigenvalue weighted by molar-refractivity contribution is 0.652. The normalized spacial score (nSPS) is 14.8. The molecule has 0 unspecified atom stereocenters. The molecule has 0 saturated heterocycles. The highest BCUT2D eigenvalue weighted by Gasteiger charge is 2.29. The first kappa shape index (κ1) is 23.5. The second-order valence-electron chi connectivity index (χ2n) is 13.7. The van der Waals surface area contributed by atoms with Crippen molar-refractivity contribution in [1.29, 1.82) is 0 Å². The van der Waals surface area contributed by atoms with Gasteiger partial charge in [-0.05, 0) is 84.7 Å². The minimum absolute atomic E-state index is 0.0238. The van der Waals surface area contributed by atoms with Crippen LogP contribution in [0.4, 0.5) is 0 Å². The Morgan fingerprint density at radius 3 is 2.34 bits per heavy atom. The lowest BCUT2D eigenvalue weighted by Gasteiger charge is -2.23. The first-order valence-electron chi connectivity index (χ1n) is 19.9. The predicted molar refractivity (Wildman–Crippen MR) is 204 cm³/mol. The Kier molecular flexibility index (Phi) is 4.84. The fraction of sp³-hybridized carbons (Fsp3) is 0.182. The van der Waals surface area contributed by atoms with Crippen LogP contribution >= 0.6 is 0 Å². The Balaban J connectivity index is 1.31. The van der Waals surface area contributed by atoms with Crippen molar-refractivity contribution in [2.45, 2.75) is 53.2 Å². The van der Waals surface area contributed by atoms with Crippen LogP contribution < -0.4 is 0 Å². The molecule has 0 bridgehead atoms. The van der Waals surface area contributed by atoms with Crippen molar-refractivity contribution in [3.05, 3.63) is 113 Å². The maximum absolute atomic E-state index is 8.68. The van der Waals surface area contributed by atoms with Crippen LogP contribution in [0.2, 0.25) is 0 Å². The van der Waals surface area contributed by atoms with Gasteiger partial charge in [0.25, 0.3) is 0 Å². The number of benzene rings is 5. The highest BCUT2D eigenvalue weighted by molar-refractivity contribution is 6.14. The average molecular weight is 660 g/mol. The summed E-state index contributed by atoms with van der Waals surface area (Å²) in [4.78, 5) is 10.1. The third-order valence-electron chi connectivity index (χ3n) is 9.96. The Morgan fingerprint density at radius 2 is 1.50 bits per heavy atom. The number of furan rings is 3. The highest BCUT2D eigenvalue weighted by Crippen LogP contribution is 2.46. The Labute approximate surface area is 296 Å². The van der Waals surface area contributed by atoms with E-state index in [4.69, 9.17) is 31.4 Å². The lowest BCUT2D eigenvalue weighted by atomic mass is 9.89. The van der Waals surface area contributed by atoms with Gasteiger partial charge < -0.3 is 13.3 Å². The van der Waals surface area contributed by atoms with E-state index in [9.17, 15) is 0 Å². The van der Waals surface area contributed by atoms with Gasteiger partial charge in [0.1, 0.15) is 33.7 Å². The van der Waals surface area contributed by atoms with E-state index in [2.05, 4.69) is 39.8 Å². The third-order valence-corrected chi connectivity index (χ3v) is 9.96. The van der Waals surface area contributed by atoms with Crippen LogP contribution in [-0.4, -0.2) is 14.5 Å². The van der Waals surface area contributed by atoms with Crippen LogP contribution in [0.25, 0.3) is 94.2 Å². The number of hydrogen-bond donors (Lipinski definition) is 0. The molecule has 6 heteroatoms. The van der Waals surface area contributed by atoms with E-state index >= 15 is 0 Å². The second kappa shape index (κ2) is 10.3. The van der Waals surface area contributed by atoms with Crippen molar-refractivity contribution < 1.29 is 21.5 Å². The molecule has 5 aromatic heterocycles. The molecule has 0 aliphatic carbocycles. The number of aryl methyl sites for hydroxylation is 2. The van der Waals surface area contributed by atoms with E-state index in [0.717, 1.165) is 44.1 Å². The van der Waals surface area contributed by atoms with Gasteiger partial charge in [0.05, 0.1) is 27.7 Å². The van der Waals surface area contributed by atoms with Gasteiger partial charge in [-0.2, -0.15) is 0 Å². The summed E-state index contributed by atoms with van der Waals surface area (Å²) in [6.45, 7) is 3.85. The van der Waals surface area contributed by atoms with Crippen LogP contribution in [0.15, 0.2) is 104 Å². The second-order valence-corrected chi connectivity index (χ2v) is 13.7. The Morgan fingerprint density at radius 1 is 0.640 bits per heavy atom. The molecular weight excluding hydrogens is 619 g/mol. The van der Waals surface area contributed by atoms with E-state index in [1.807, 2.05) is 53.1 Å². The van der Waals surface area contributed by atoms with Crippen LogP contribution in [0.5, 0.6) is 0 Å². The van der Waals surface area contributed by atoms with Crippen molar-refractivity contribution in [2.75, 3.05) is 0 Å².